The van der Waals surface area contributed by atoms with Crippen LogP contribution in [0.15, 0.2) is 76.3 Å². The first kappa shape index (κ1) is 21.3. The maximum absolute atomic E-state index is 12.4. The molecule has 156 valence electrons. The van der Waals surface area contributed by atoms with E-state index in [0.717, 1.165) is 21.0 Å². The number of thiazole rings is 1. The molecule has 4 rings (SSSR count). The smallest absolute Gasteiger partial charge is 0.255 e. The number of carbonyl (C=O) groups is 2. The molecule has 8 heteroatoms. The number of aryl methyl sites for hydroxylation is 1. The normalized spacial score (nSPS) is 10.6. The maximum atomic E-state index is 12.4. The minimum atomic E-state index is -0.162. The molecule has 0 bridgehead atoms. The van der Waals surface area contributed by atoms with Crippen molar-refractivity contribution in [2.75, 3.05) is 16.4 Å². The Morgan fingerprint density at radius 2 is 1.84 bits per heavy atom. The van der Waals surface area contributed by atoms with Crippen LogP contribution >= 0.6 is 34.4 Å². The highest BCUT2D eigenvalue weighted by atomic mass is 32.2. The third-order valence-electron chi connectivity index (χ3n) is 4.30. The first-order chi connectivity index (χ1) is 15.1. The van der Waals surface area contributed by atoms with E-state index in [2.05, 4.69) is 15.6 Å². The molecule has 0 aliphatic carbocycles. The van der Waals surface area contributed by atoms with Gasteiger partial charge in [0.2, 0.25) is 5.91 Å². The second kappa shape index (κ2) is 9.91. The number of nitrogens with zero attached hydrogens (tertiary/aromatic N) is 1. The molecule has 4 aromatic rings. The van der Waals surface area contributed by atoms with Crippen LogP contribution in [0.4, 0.5) is 10.8 Å². The van der Waals surface area contributed by atoms with Crippen molar-refractivity contribution in [1.82, 2.24) is 4.98 Å². The Balaban J connectivity index is 1.31. The van der Waals surface area contributed by atoms with E-state index in [1.165, 1.54) is 23.1 Å². The van der Waals surface area contributed by atoms with E-state index in [1.54, 1.807) is 23.5 Å². The van der Waals surface area contributed by atoms with Crippen molar-refractivity contribution < 1.29 is 9.59 Å². The number of hydrogen-bond acceptors (Lipinski definition) is 6. The summed E-state index contributed by atoms with van der Waals surface area (Å²) < 4.78 is 0. The summed E-state index contributed by atoms with van der Waals surface area (Å²) in [6, 6.07) is 18.9. The zero-order valence-corrected chi connectivity index (χ0v) is 19.1. The number of nitrogens with one attached hydrogen (secondary N) is 2. The molecule has 0 saturated carbocycles. The summed E-state index contributed by atoms with van der Waals surface area (Å²) in [6.45, 7) is 1.98. The summed E-state index contributed by atoms with van der Waals surface area (Å²) in [7, 11) is 0. The molecule has 0 spiro atoms. The molecular formula is C23H19N3O2S3. The lowest BCUT2D eigenvalue weighted by molar-refractivity contribution is -0.113. The third-order valence-corrected chi connectivity index (χ3v) is 6.94. The molecule has 2 amide bonds. The van der Waals surface area contributed by atoms with Crippen LogP contribution in [0.3, 0.4) is 0 Å². The number of rotatable bonds is 7. The highest BCUT2D eigenvalue weighted by Gasteiger charge is 2.10. The number of aromatic nitrogens is 1. The maximum Gasteiger partial charge on any atom is 0.255 e. The van der Waals surface area contributed by atoms with Crippen molar-refractivity contribution in [3.8, 4) is 10.6 Å². The van der Waals surface area contributed by atoms with Gasteiger partial charge in [-0.3, -0.25) is 9.59 Å². The van der Waals surface area contributed by atoms with E-state index in [1.807, 2.05) is 66.2 Å². The number of thiophene rings is 1. The highest BCUT2D eigenvalue weighted by molar-refractivity contribution is 8.00. The van der Waals surface area contributed by atoms with Crippen molar-refractivity contribution >= 4 is 57.1 Å². The monoisotopic (exact) mass is 465 g/mol. The van der Waals surface area contributed by atoms with Crippen LogP contribution in [0.2, 0.25) is 0 Å². The van der Waals surface area contributed by atoms with Crippen LogP contribution in [0.1, 0.15) is 15.9 Å². The second-order valence-electron chi connectivity index (χ2n) is 6.70. The predicted octanol–water partition coefficient (Wildman–Crippen LogP) is 6.16. The topological polar surface area (TPSA) is 71.1 Å². The minimum Gasteiger partial charge on any atom is -0.322 e. The average Bonchev–Trinajstić information content (AvgIpc) is 3.45. The van der Waals surface area contributed by atoms with Crippen LogP contribution in [0.25, 0.3) is 10.6 Å². The molecule has 2 aromatic heterocycles. The molecule has 2 aromatic carbocycles. The van der Waals surface area contributed by atoms with Crippen LogP contribution in [0.5, 0.6) is 0 Å². The zero-order valence-electron chi connectivity index (χ0n) is 16.6. The van der Waals surface area contributed by atoms with Crippen molar-refractivity contribution in [1.29, 1.82) is 0 Å². The fourth-order valence-electron chi connectivity index (χ4n) is 2.74. The Bertz CT molecular complexity index is 1190. The number of benzene rings is 2. The van der Waals surface area contributed by atoms with Gasteiger partial charge in [0.15, 0.2) is 5.13 Å². The molecule has 5 nitrogen and oxygen atoms in total. The minimum absolute atomic E-state index is 0.119. The summed E-state index contributed by atoms with van der Waals surface area (Å²) in [5.41, 5.74) is 3.28. The van der Waals surface area contributed by atoms with E-state index in [4.69, 9.17) is 0 Å². The van der Waals surface area contributed by atoms with Crippen LogP contribution in [-0.4, -0.2) is 22.6 Å². The Kier molecular flexibility index (Phi) is 6.81. The summed E-state index contributed by atoms with van der Waals surface area (Å²) in [6.07, 6.45) is 0. The quantitative estimate of drug-likeness (QED) is 0.321. The molecule has 0 atom stereocenters. The first-order valence-electron chi connectivity index (χ1n) is 9.47. The van der Waals surface area contributed by atoms with Gasteiger partial charge in [-0.1, -0.05) is 29.8 Å². The summed E-state index contributed by atoms with van der Waals surface area (Å²) >= 11 is 4.44. The molecule has 0 radical (unpaired) electrons. The van der Waals surface area contributed by atoms with Gasteiger partial charge in [0.1, 0.15) is 0 Å². The van der Waals surface area contributed by atoms with Gasteiger partial charge in [0.05, 0.1) is 16.3 Å². The number of carbonyl (C=O) groups excluding carboxylic acids is 2. The lowest BCUT2D eigenvalue weighted by Gasteiger charge is -2.08. The fourth-order valence-corrected chi connectivity index (χ4v) is 4.99. The van der Waals surface area contributed by atoms with Crippen LogP contribution < -0.4 is 10.6 Å². The lowest BCUT2D eigenvalue weighted by atomic mass is 10.1. The Morgan fingerprint density at radius 1 is 1.00 bits per heavy atom. The standard InChI is InChI=1S/C23H19N3O2S3/c1-15-7-9-16(10-8-15)22(28)24-17-4-2-5-18(12-17)30-14-21(27)26-23-25-19(13-31-23)20-6-3-11-29-20/h2-13H,14H2,1H3,(H,24,28)(H,25,26,27). The van der Waals surface area contributed by atoms with Crippen molar-refractivity contribution in [2.24, 2.45) is 0 Å². The third kappa shape index (κ3) is 5.81. The van der Waals surface area contributed by atoms with Crippen molar-refractivity contribution in [3.63, 3.8) is 0 Å². The largest absolute Gasteiger partial charge is 0.322 e. The van der Waals surface area contributed by atoms with E-state index in [0.29, 0.717) is 16.4 Å². The van der Waals surface area contributed by atoms with Gasteiger partial charge in [0, 0.05) is 21.5 Å². The van der Waals surface area contributed by atoms with Gasteiger partial charge >= 0.3 is 0 Å². The highest BCUT2D eigenvalue weighted by Crippen LogP contribution is 2.28. The predicted molar refractivity (Wildman–Crippen MR) is 130 cm³/mol. The molecular weight excluding hydrogens is 446 g/mol. The molecule has 0 saturated heterocycles. The number of anilines is 2. The van der Waals surface area contributed by atoms with E-state index in [-0.39, 0.29) is 17.6 Å². The van der Waals surface area contributed by atoms with Gasteiger partial charge in [0.25, 0.3) is 5.91 Å². The zero-order chi connectivity index (χ0) is 21.6. The molecule has 0 unspecified atom stereocenters. The van der Waals surface area contributed by atoms with E-state index in [9.17, 15) is 9.59 Å². The Hall–Kier alpha value is -2.94. The summed E-state index contributed by atoms with van der Waals surface area (Å²) in [4.78, 5) is 31.2. The van der Waals surface area contributed by atoms with Gasteiger partial charge in [-0.2, -0.15) is 0 Å². The number of thioether (sulfide) groups is 1. The van der Waals surface area contributed by atoms with Gasteiger partial charge < -0.3 is 10.6 Å². The van der Waals surface area contributed by atoms with Gasteiger partial charge in [-0.25, -0.2) is 4.98 Å². The Labute approximate surface area is 192 Å². The number of hydrogen-bond donors (Lipinski definition) is 2. The Morgan fingerprint density at radius 3 is 2.61 bits per heavy atom. The summed E-state index contributed by atoms with van der Waals surface area (Å²) in [5.74, 6) is -0.0279. The first-order valence-corrected chi connectivity index (χ1v) is 12.2. The molecule has 0 aliphatic heterocycles. The summed E-state index contributed by atoms with van der Waals surface area (Å²) in [5, 5.41) is 10.3. The molecule has 0 aliphatic rings. The lowest BCUT2D eigenvalue weighted by Crippen LogP contribution is -2.14. The van der Waals surface area contributed by atoms with Crippen molar-refractivity contribution in [3.05, 3.63) is 82.6 Å². The molecule has 31 heavy (non-hydrogen) atoms. The van der Waals surface area contributed by atoms with E-state index < -0.39 is 0 Å². The van der Waals surface area contributed by atoms with Crippen LogP contribution in [0, 0.1) is 6.92 Å². The van der Waals surface area contributed by atoms with Crippen LogP contribution in [-0.2, 0) is 4.79 Å². The molecule has 2 heterocycles. The second-order valence-corrected chi connectivity index (χ2v) is 9.55. The average molecular weight is 466 g/mol. The van der Waals surface area contributed by atoms with Crippen molar-refractivity contribution in [2.45, 2.75) is 11.8 Å². The van der Waals surface area contributed by atoms with E-state index >= 15 is 0 Å². The SMILES string of the molecule is Cc1ccc(C(=O)Nc2cccc(SCC(=O)Nc3nc(-c4cccs4)cs3)c2)cc1. The molecule has 2 N–H and O–H groups in total. The molecule has 0 fully saturated rings. The number of amides is 2. The fraction of sp³-hybridized carbons (Fsp3) is 0.0870. The van der Waals surface area contributed by atoms with Gasteiger partial charge in [-0.15, -0.1) is 34.4 Å². The van der Waals surface area contributed by atoms with Gasteiger partial charge in [-0.05, 0) is 48.7 Å².